The highest BCUT2D eigenvalue weighted by atomic mass is 16.5. The minimum atomic E-state index is -0.241. The van der Waals surface area contributed by atoms with Crippen LogP contribution < -0.4 is 10.6 Å². The molecule has 1 aromatic carbocycles. The lowest BCUT2D eigenvalue weighted by Gasteiger charge is -2.07. The summed E-state index contributed by atoms with van der Waals surface area (Å²) in [6.45, 7) is 2.98. The maximum Gasteiger partial charge on any atom is 0.251 e. The van der Waals surface area contributed by atoms with Gasteiger partial charge in [-0.3, -0.25) is 9.59 Å². The van der Waals surface area contributed by atoms with Crippen LogP contribution in [-0.2, 0) is 16.0 Å². The molecule has 0 aromatic heterocycles. The summed E-state index contributed by atoms with van der Waals surface area (Å²) in [5.74, 6) is -0.465. The van der Waals surface area contributed by atoms with E-state index in [1.165, 1.54) is 5.56 Å². The molecule has 0 heterocycles. The Balaban J connectivity index is 2.36. The number of carbonyl (C=O) groups excluding carboxylic acids is 2. The number of aryl methyl sites for hydroxylation is 1. The van der Waals surface area contributed by atoms with E-state index in [1.807, 2.05) is 12.1 Å². The van der Waals surface area contributed by atoms with Crippen molar-refractivity contribution in [1.29, 1.82) is 0 Å². The normalized spacial score (nSPS) is 10.1. The molecule has 0 aliphatic heterocycles. The number of nitrogens with one attached hydrogen (secondary N) is 2. The molecule has 5 nitrogen and oxygen atoms in total. The highest BCUT2D eigenvalue weighted by Crippen LogP contribution is 2.06. The van der Waals surface area contributed by atoms with Gasteiger partial charge in [0.05, 0.1) is 13.2 Å². The summed E-state index contributed by atoms with van der Waals surface area (Å²) < 4.78 is 4.82. The van der Waals surface area contributed by atoms with E-state index >= 15 is 0 Å². The molecular weight excluding hydrogens is 256 g/mol. The SMILES string of the molecule is CCCc1ccc(C(=O)NCC(=O)NCCOC)cc1. The average Bonchev–Trinajstić information content (AvgIpc) is 2.46. The van der Waals surface area contributed by atoms with Crippen LogP contribution in [0.25, 0.3) is 0 Å². The first-order valence-electron chi connectivity index (χ1n) is 6.80. The van der Waals surface area contributed by atoms with Crippen molar-refractivity contribution in [2.45, 2.75) is 19.8 Å². The molecule has 0 aliphatic rings. The molecule has 5 heteroatoms. The van der Waals surface area contributed by atoms with Gasteiger partial charge in [-0.25, -0.2) is 0 Å². The van der Waals surface area contributed by atoms with Crippen LogP contribution in [0.2, 0.25) is 0 Å². The third-order valence-corrected chi connectivity index (χ3v) is 2.79. The summed E-state index contributed by atoms with van der Waals surface area (Å²) >= 11 is 0. The van der Waals surface area contributed by atoms with E-state index in [1.54, 1.807) is 19.2 Å². The highest BCUT2D eigenvalue weighted by Gasteiger charge is 2.07. The Morgan fingerprint density at radius 3 is 2.45 bits per heavy atom. The molecule has 2 amide bonds. The molecule has 0 fully saturated rings. The number of carbonyl (C=O) groups is 2. The van der Waals surface area contributed by atoms with Crippen LogP contribution in [0.3, 0.4) is 0 Å². The molecule has 2 N–H and O–H groups in total. The van der Waals surface area contributed by atoms with E-state index in [0.717, 1.165) is 12.8 Å². The van der Waals surface area contributed by atoms with E-state index in [9.17, 15) is 9.59 Å². The Kier molecular flexibility index (Phi) is 7.35. The van der Waals surface area contributed by atoms with Gasteiger partial charge in [-0.2, -0.15) is 0 Å². The zero-order chi connectivity index (χ0) is 14.8. The summed E-state index contributed by atoms with van der Waals surface area (Å²) in [5, 5.41) is 5.22. The second-order valence-corrected chi connectivity index (χ2v) is 4.47. The van der Waals surface area contributed by atoms with E-state index in [-0.39, 0.29) is 18.4 Å². The zero-order valence-corrected chi connectivity index (χ0v) is 12.1. The fourth-order valence-corrected chi connectivity index (χ4v) is 1.73. The summed E-state index contributed by atoms with van der Waals surface area (Å²) in [7, 11) is 1.57. The van der Waals surface area contributed by atoms with Gasteiger partial charge in [0, 0.05) is 19.2 Å². The zero-order valence-electron chi connectivity index (χ0n) is 12.1. The second kappa shape index (κ2) is 9.09. The van der Waals surface area contributed by atoms with Gasteiger partial charge in [0.1, 0.15) is 0 Å². The van der Waals surface area contributed by atoms with E-state index < -0.39 is 0 Å². The Morgan fingerprint density at radius 1 is 1.15 bits per heavy atom. The Bertz CT molecular complexity index is 429. The first-order valence-corrected chi connectivity index (χ1v) is 6.80. The third-order valence-electron chi connectivity index (χ3n) is 2.79. The number of ether oxygens (including phenoxy) is 1. The standard InChI is InChI=1S/C15H22N2O3/c1-3-4-12-5-7-13(8-6-12)15(19)17-11-14(18)16-9-10-20-2/h5-8H,3-4,9-11H2,1-2H3,(H,16,18)(H,17,19). The molecule has 1 rings (SSSR count). The molecule has 1 aromatic rings. The molecule has 0 saturated carbocycles. The quantitative estimate of drug-likeness (QED) is 0.701. The van der Waals surface area contributed by atoms with Crippen molar-refractivity contribution in [2.24, 2.45) is 0 Å². The van der Waals surface area contributed by atoms with Crippen molar-refractivity contribution < 1.29 is 14.3 Å². The lowest BCUT2D eigenvalue weighted by molar-refractivity contribution is -0.120. The van der Waals surface area contributed by atoms with Gasteiger partial charge in [-0.1, -0.05) is 25.5 Å². The van der Waals surface area contributed by atoms with Crippen molar-refractivity contribution in [1.82, 2.24) is 10.6 Å². The number of rotatable bonds is 8. The van der Waals surface area contributed by atoms with Crippen LogP contribution in [0.4, 0.5) is 0 Å². The van der Waals surface area contributed by atoms with Gasteiger partial charge >= 0.3 is 0 Å². The van der Waals surface area contributed by atoms with Crippen LogP contribution in [0, 0.1) is 0 Å². The Labute approximate surface area is 119 Å². The Morgan fingerprint density at radius 2 is 1.85 bits per heavy atom. The molecule has 0 aliphatic carbocycles. The van der Waals surface area contributed by atoms with Crippen molar-refractivity contribution in [3.8, 4) is 0 Å². The van der Waals surface area contributed by atoms with E-state index in [2.05, 4.69) is 17.6 Å². The van der Waals surface area contributed by atoms with Gasteiger partial charge in [-0.15, -0.1) is 0 Å². The van der Waals surface area contributed by atoms with Gasteiger partial charge in [0.25, 0.3) is 5.91 Å². The molecule has 20 heavy (non-hydrogen) atoms. The molecule has 0 radical (unpaired) electrons. The first kappa shape index (κ1) is 16.2. The van der Waals surface area contributed by atoms with Crippen LogP contribution in [0.1, 0.15) is 29.3 Å². The Hall–Kier alpha value is -1.88. The minimum absolute atomic E-state index is 0.0285. The smallest absolute Gasteiger partial charge is 0.251 e. The first-order chi connectivity index (χ1) is 9.67. The van der Waals surface area contributed by atoms with E-state index in [0.29, 0.717) is 18.7 Å². The molecule has 0 saturated heterocycles. The van der Waals surface area contributed by atoms with Gasteiger partial charge < -0.3 is 15.4 Å². The minimum Gasteiger partial charge on any atom is -0.383 e. The maximum absolute atomic E-state index is 11.8. The third kappa shape index (κ3) is 5.84. The number of hydrogen-bond donors (Lipinski definition) is 2. The number of hydrogen-bond acceptors (Lipinski definition) is 3. The van der Waals surface area contributed by atoms with Gasteiger partial charge in [-0.05, 0) is 24.1 Å². The summed E-state index contributed by atoms with van der Waals surface area (Å²) in [6, 6.07) is 7.44. The van der Waals surface area contributed by atoms with Crippen LogP contribution in [-0.4, -0.2) is 38.6 Å². The van der Waals surface area contributed by atoms with Crippen molar-refractivity contribution in [2.75, 3.05) is 26.8 Å². The molecule has 0 unspecified atom stereocenters. The van der Waals surface area contributed by atoms with Gasteiger partial charge in [0.15, 0.2) is 0 Å². The average molecular weight is 278 g/mol. The second-order valence-electron chi connectivity index (χ2n) is 4.47. The number of amides is 2. The van der Waals surface area contributed by atoms with Crippen molar-refractivity contribution >= 4 is 11.8 Å². The van der Waals surface area contributed by atoms with Crippen LogP contribution >= 0.6 is 0 Å². The van der Waals surface area contributed by atoms with Crippen LogP contribution in [0.5, 0.6) is 0 Å². The van der Waals surface area contributed by atoms with Gasteiger partial charge in [0.2, 0.25) is 5.91 Å². The molecule has 0 spiro atoms. The maximum atomic E-state index is 11.8. The summed E-state index contributed by atoms with van der Waals surface area (Å²) in [5.41, 5.74) is 1.77. The molecule has 110 valence electrons. The van der Waals surface area contributed by atoms with Crippen LogP contribution in [0.15, 0.2) is 24.3 Å². The van der Waals surface area contributed by atoms with Crippen molar-refractivity contribution in [3.63, 3.8) is 0 Å². The van der Waals surface area contributed by atoms with Crippen molar-refractivity contribution in [3.05, 3.63) is 35.4 Å². The topological polar surface area (TPSA) is 67.4 Å². The van der Waals surface area contributed by atoms with E-state index in [4.69, 9.17) is 4.74 Å². The predicted molar refractivity (Wildman–Crippen MR) is 77.7 cm³/mol. The summed E-state index contributed by atoms with van der Waals surface area (Å²) in [4.78, 5) is 23.2. The predicted octanol–water partition coefficient (Wildman–Crippen LogP) is 1.13. The summed E-state index contributed by atoms with van der Waals surface area (Å²) in [6.07, 6.45) is 2.08. The fraction of sp³-hybridized carbons (Fsp3) is 0.467. The lowest BCUT2D eigenvalue weighted by Crippen LogP contribution is -2.38. The highest BCUT2D eigenvalue weighted by molar-refractivity contribution is 5.96. The lowest BCUT2D eigenvalue weighted by atomic mass is 10.1. The number of methoxy groups -OCH3 is 1. The number of benzene rings is 1. The molecule has 0 bridgehead atoms. The largest absolute Gasteiger partial charge is 0.383 e. The fourth-order valence-electron chi connectivity index (χ4n) is 1.73. The molecule has 0 atom stereocenters. The molecular formula is C15H22N2O3. The monoisotopic (exact) mass is 278 g/mol.